The number of aryl methyl sites for hydroxylation is 2. The molecule has 0 bridgehead atoms. The molecule has 0 aromatic heterocycles. The van der Waals surface area contributed by atoms with Crippen LogP contribution in [-0.4, -0.2) is 48.8 Å². The Labute approximate surface area is 150 Å². The van der Waals surface area contributed by atoms with Crippen LogP contribution < -0.4 is 0 Å². The van der Waals surface area contributed by atoms with E-state index in [4.69, 9.17) is 4.74 Å². The molecule has 3 nitrogen and oxygen atoms in total. The molecule has 0 spiro atoms. The molecule has 0 unspecified atom stereocenters. The number of benzene rings is 1. The maximum atomic E-state index is 12.1. The van der Waals surface area contributed by atoms with E-state index in [1.54, 1.807) is 0 Å². The summed E-state index contributed by atoms with van der Waals surface area (Å²) >= 11 is 6.88. The van der Waals surface area contributed by atoms with Crippen LogP contribution in [-0.2, 0) is 17.6 Å². The summed E-state index contributed by atoms with van der Waals surface area (Å²) in [7, 11) is 3.91. The largest absolute Gasteiger partial charge is 0.461 e. The van der Waals surface area contributed by atoms with Gasteiger partial charge in [0, 0.05) is 17.2 Å². The van der Waals surface area contributed by atoms with Crippen LogP contribution in [0.4, 0.5) is 0 Å². The molecule has 1 rings (SSSR count). The van der Waals surface area contributed by atoms with Crippen molar-refractivity contribution in [1.29, 1.82) is 0 Å². The minimum atomic E-state index is -0.237. The molecule has 0 aliphatic carbocycles. The third-order valence-electron chi connectivity index (χ3n) is 2.83. The molecule has 1 aromatic carbocycles. The fraction of sp³-hybridized carbons (Fsp3) is 0.533. The second-order valence-corrected chi connectivity index (χ2v) is 6.44. The molecule has 0 aliphatic heterocycles. The summed E-state index contributed by atoms with van der Waals surface area (Å²) in [6, 6.07) is 6.01. The smallest absolute Gasteiger partial charge is 0.338 e. The van der Waals surface area contributed by atoms with Gasteiger partial charge in [-0.3, -0.25) is 0 Å². The molecule has 0 N–H and O–H groups in total. The van der Waals surface area contributed by atoms with Crippen molar-refractivity contribution in [2.45, 2.75) is 12.8 Å². The summed E-state index contributed by atoms with van der Waals surface area (Å²) in [6.45, 7) is 1.16. The molecule has 21 heavy (non-hydrogen) atoms. The van der Waals surface area contributed by atoms with Gasteiger partial charge in [0.15, 0.2) is 0 Å². The third-order valence-corrected chi connectivity index (χ3v) is 3.62. The van der Waals surface area contributed by atoms with Crippen molar-refractivity contribution >= 4 is 50.2 Å². The zero-order chi connectivity index (χ0) is 15.0. The topological polar surface area (TPSA) is 29.5 Å². The molecule has 120 valence electrons. The van der Waals surface area contributed by atoms with E-state index < -0.39 is 0 Å². The van der Waals surface area contributed by atoms with Gasteiger partial charge in [-0.15, -0.1) is 12.4 Å². The SMILES string of the molecule is CN(C)CCOC(=O)c1cc(CCBr)cc(CCBr)c1.Cl. The number of likely N-dealkylation sites (N-methyl/N-ethyl adjacent to an activating group) is 1. The highest BCUT2D eigenvalue weighted by Gasteiger charge is 2.10. The fourth-order valence-electron chi connectivity index (χ4n) is 1.79. The fourth-order valence-corrected chi connectivity index (χ4v) is 2.71. The van der Waals surface area contributed by atoms with Crippen LogP contribution in [0.25, 0.3) is 0 Å². The van der Waals surface area contributed by atoms with Gasteiger partial charge < -0.3 is 9.64 Å². The Bertz CT molecular complexity index is 417. The second kappa shape index (κ2) is 11.5. The molecule has 1 aromatic rings. The summed E-state index contributed by atoms with van der Waals surface area (Å²) in [5, 5.41) is 1.78. The molecule has 0 fully saturated rings. The number of carbonyl (C=O) groups is 1. The maximum absolute atomic E-state index is 12.1. The van der Waals surface area contributed by atoms with E-state index in [-0.39, 0.29) is 18.4 Å². The molecule has 0 atom stereocenters. The molecule has 0 saturated carbocycles. The van der Waals surface area contributed by atoms with Crippen molar-refractivity contribution in [3.63, 3.8) is 0 Å². The number of ether oxygens (including phenoxy) is 1. The van der Waals surface area contributed by atoms with E-state index in [9.17, 15) is 4.79 Å². The average molecular weight is 444 g/mol. The minimum Gasteiger partial charge on any atom is -0.461 e. The van der Waals surface area contributed by atoms with Gasteiger partial charge in [0.1, 0.15) is 6.61 Å². The van der Waals surface area contributed by atoms with E-state index in [0.717, 1.165) is 30.0 Å². The Kier molecular flexibility index (Phi) is 11.4. The summed E-state index contributed by atoms with van der Waals surface area (Å²) < 4.78 is 5.30. The van der Waals surface area contributed by atoms with Crippen LogP contribution in [0.15, 0.2) is 18.2 Å². The van der Waals surface area contributed by atoms with Gasteiger partial charge in [0.05, 0.1) is 5.56 Å². The summed E-state index contributed by atoms with van der Waals surface area (Å²) in [5.74, 6) is -0.237. The van der Waals surface area contributed by atoms with Crippen LogP contribution in [0, 0.1) is 0 Å². The zero-order valence-electron chi connectivity index (χ0n) is 12.4. The number of halogens is 3. The van der Waals surface area contributed by atoms with E-state index in [1.807, 2.05) is 31.1 Å². The molecular weight excluding hydrogens is 421 g/mol. The van der Waals surface area contributed by atoms with Gasteiger partial charge in [0.2, 0.25) is 0 Å². The minimum absolute atomic E-state index is 0. The van der Waals surface area contributed by atoms with Crippen LogP contribution in [0.3, 0.4) is 0 Å². The predicted molar refractivity (Wildman–Crippen MR) is 97.5 cm³/mol. The highest BCUT2D eigenvalue weighted by molar-refractivity contribution is 9.09. The normalized spacial score (nSPS) is 10.3. The lowest BCUT2D eigenvalue weighted by Gasteiger charge is -2.11. The van der Waals surface area contributed by atoms with Gasteiger partial charge in [-0.1, -0.05) is 37.9 Å². The van der Waals surface area contributed by atoms with Crippen molar-refractivity contribution < 1.29 is 9.53 Å². The lowest BCUT2D eigenvalue weighted by Crippen LogP contribution is -2.20. The first kappa shape index (κ1) is 20.9. The molecule has 0 radical (unpaired) electrons. The van der Waals surface area contributed by atoms with Crippen molar-refractivity contribution in [3.8, 4) is 0 Å². The van der Waals surface area contributed by atoms with E-state index in [1.165, 1.54) is 11.1 Å². The van der Waals surface area contributed by atoms with Crippen molar-refractivity contribution in [1.82, 2.24) is 4.90 Å². The Morgan fingerprint density at radius 1 is 1.10 bits per heavy atom. The summed E-state index contributed by atoms with van der Waals surface area (Å²) in [4.78, 5) is 14.1. The first-order valence-electron chi connectivity index (χ1n) is 6.63. The highest BCUT2D eigenvalue weighted by Crippen LogP contribution is 2.14. The number of esters is 1. The monoisotopic (exact) mass is 441 g/mol. The van der Waals surface area contributed by atoms with Crippen molar-refractivity contribution in [2.75, 3.05) is 37.9 Å². The number of alkyl halides is 2. The Hall–Kier alpha value is -0.100. The predicted octanol–water partition coefficient (Wildman–Crippen LogP) is 3.70. The summed E-state index contributed by atoms with van der Waals surface area (Å²) in [5.41, 5.74) is 2.98. The van der Waals surface area contributed by atoms with Gasteiger partial charge in [-0.2, -0.15) is 0 Å². The Morgan fingerprint density at radius 2 is 1.62 bits per heavy atom. The van der Waals surface area contributed by atoms with E-state index >= 15 is 0 Å². The van der Waals surface area contributed by atoms with Gasteiger partial charge in [0.25, 0.3) is 0 Å². The number of hydrogen-bond donors (Lipinski definition) is 0. The number of rotatable bonds is 8. The highest BCUT2D eigenvalue weighted by atomic mass is 79.9. The van der Waals surface area contributed by atoms with Gasteiger partial charge in [-0.05, 0) is 50.2 Å². The zero-order valence-corrected chi connectivity index (χ0v) is 16.4. The van der Waals surface area contributed by atoms with Crippen LogP contribution in [0.5, 0.6) is 0 Å². The second-order valence-electron chi connectivity index (χ2n) is 4.86. The maximum Gasteiger partial charge on any atom is 0.338 e. The lowest BCUT2D eigenvalue weighted by atomic mass is 10.0. The standard InChI is InChI=1S/C15H21Br2NO2.ClH/c1-18(2)7-8-20-15(19)14-10-12(3-5-16)9-13(11-14)4-6-17;/h9-11H,3-8H2,1-2H3;1H. The molecule has 0 saturated heterocycles. The summed E-state index contributed by atoms with van der Waals surface area (Å²) in [6.07, 6.45) is 1.82. The number of nitrogens with zero attached hydrogens (tertiary/aromatic N) is 1. The molecule has 0 heterocycles. The van der Waals surface area contributed by atoms with E-state index in [0.29, 0.717) is 12.2 Å². The molecule has 6 heteroatoms. The lowest BCUT2D eigenvalue weighted by molar-refractivity contribution is 0.0481. The number of hydrogen-bond acceptors (Lipinski definition) is 3. The quantitative estimate of drug-likeness (QED) is 0.453. The molecule has 0 aliphatic rings. The Balaban J connectivity index is 0.00000400. The molecule has 0 amide bonds. The van der Waals surface area contributed by atoms with E-state index in [2.05, 4.69) is 37.9 Å². The van der Waals surface area contributed by atoms with Crippen molar-refractivity contribution in [2.24, 2.45) is 0 Å². The third kappa shape index (κ3) is 8.19. The van der Waals surface area contributed by atoms with Crippen LogP contribution in [0.2, 0.25) is 0 Å². The van der Waals surface area contributed by atoms with Gasteiger partial charge in [-0.25, -0.2) is 4.79 Å². The average Bonchev–Trinajstić information content (AvgIpc) is 2.38. The first-order valence-corrected chi connectivity index (χ1v) is 8.87. The van der Waals surface area contributed by atoms with Gasteiger partial charge >= 0.3 is 5.97 Å². The molecular formula is C15H22Br2ClNO2. The number of carbonyl (C=O) groups excluding carboxylic acids is 1. The van der Waals surface area contributed by atoms with Crippen LogP contribution in [0.1, 0.15) is 21.5 Å². The first-order chi connectivity index (χ1) is 9.56. The van der Waals surface area contributed by atoms with Crippen LogP contribution >= 0.6 is 44.3 Å². The Morgan fingerprint density at radius 3 is 2.05 bits per heavy atom. The van der Waals surface area contributed by atoms with Crippen molar-refractivity contribution in [3.05, 3.63) is 34.9 Å².